The molecule has 1 N–H and O–H groups in total. The molecular weight excluding hydrogens is 450 g/mol. The number of ether oxygens (including phenoxy) is 1. The second kappa shape index (κ2) is 9.06. The number of carbonyl (C=O) groups is 1. The molecule has 8 nitrogen and oxygen atoms in total. The van der Waals surface area contributed by atoms with Gasteiger partial charge in [-0.05, 0) is 31.4 Å². The number of aromatic nitrogens is 4. The summed E-state index contributed by atoms with van der Waals surface area (Å²) in [5.74, 6) is 1.90. The Hall–Kier alpha value is -3.46. The largest absolute Gasteiger partial charge is 0.496 e. The SMILES string of the molecule is COc1ccccc1[C@@H](NC(=O)c1sc2nc3n(c(=O)c2c1C)CCCCC3)c1nccn1C. The molecule has 1 amide bonds. The molecule has 0 bridgehead atoms. The number of nitrogens with zero attached hydrogens (tertiary/aromatic N) is 4. The molecule has 9 heteroatoms. The average molecular weight is 478 g/mol. The molecule has 4 heterocycles. The first-order valence-electron chi connectivity index (χ1n) is 11.4. The van der Waals surface area contributed by atoms with Crippen LogP contribution in [0.15, 0.2) is 41.5 Å². The first-order valence-corrected chi connectivity index (χ1v) is 12.2. The fourth-order valence-electron chi connectivity index (χ4n) is 4.66. The van der Waals surface area contributed by atoms with Gasteiger partial charge in [0, 0.05) is 38.0 Å². The summed E-state index contributed by atoms with van der Waals surface area (Å²) in [5.41, 5.74) is 1.43. The van der Waals surface area contributed by atoms with Crippen LogP contribution in [0.5, 0.6) is 5.75 Å². The summed E-state index contributed by atoms with van der Waals surface area (Å²) in [7, 11) is 3.49. The van der Waals surface area contributed by atoms with Crippen molar-refractivity contribution in [3.8, 4) is 5.75 Å². The van der Waals surface area contributed by atoms with Gasteiger partial charge in [0.05, 0.1) is 17.4 Å². The van der Waals surface area contributed by atoms with E-state index in [2.05, 4.69) is 10.3 Å². The van der Waals surface area contributed by atoms with E-state index < -0.39 is 6.04 Å². The maximum absolute atomic E-state index is 13.6. The molecule has 0 aliphatic carbocycles. The molecule has 0 radical (unpaired) electrons. The number of hydrogen-bond donors (Lipinski definition) is 1. The zero-order chi connectivity index (χ0) is 23.8. The van der Waals surface area contributed by atoms with E-state index in [1.165, 1.54) is 11.3 Å². The highest BCUT2D eigenvalue weighted by Gasteiger charge is 2.27. The lowest BCUT2D eigenvalue weighted by Crippen LogP contribution is -2.31. The van der Waals surface area contributed by atoms with Crippen LogP contribution < -0.4 is 15.6 Å². The molecule has 0 spiro atoms. The van der Waals surface area contributed by atoms with Crippen molar-refractivity contribution in [3.63, 3.8) is 0 Å². The third-order valence-corrected chi connectivity index (χ3v) is 7.64. The standard InChI is InChI=1S/C25H27N5O3S/c1-15-19-24(27-18-11-5-4-8-13-30(18)25(19)32)34-21(15)23(31)28-20(22-26-12-14-29(22)2)16-9-6-7-10-17(16)33-3/h6-7,9-10,12,14,20H,4-5,8,11,13H2,1-3H3,(H,28,31)/t20-/m1/s1. The molecule has 176 valence electrons. The topological polar surface area (TPSA) is 91.0 Å². The van der Waals surface area contributed by atoms with Gasteiger partial charge >= 0.3 is 0 Å². The van der Waals surface area contributed by atoms with E-state index in [4.69, 9.17) is 9.72 Å². The molecule has 0 saturated carbocycles. The van der Waals surface area contributed by atoms with Crippen LogP contribution in [0.2, 0.25) is 0 Å². The van der Waals surface area contributed by atoms with Crippen molar-refractivity contribution in [2.45, 2.75) is 45.2 Å². The number of fused-ring (bicyclic) bond motifs is 2. The molecule has 4 aromatic rings. The summed E-state index contributed by atoms with van der Waals surface area (Å²) >= 11 is 1.28. The van der Waals surface area contributed by atoms with Gasteiger partial charge in [0.25, 0.3) is 11.5 Å². The van der Waals surface area contributed by atoms with E-state index in [1.54, 1.807) is 17.9 Å². The zero-order valence-electron chi connectivity index (χ0n) is 19.5. The molecule has 1 aromatic carbocycles. The molecule has 3 aromatic heterocycles. The molecule has 34 heavy (non-hydrogen) atoms. The predicted molar refractivity (Wildman–Crippen MR) is 132 cm³/mol. The summed E-state index contributed by atoms with van der Waals surface area (Å²) in [4.78, 5) is 37.3. The highest BCUT2D eigenvalue weighted by atomic mass is 32.1. The fourth-order valence-corrected chi connectivity index (χ4v) is 5.76. The average Bonchev–Trinajstić information content (AvgIpc) is 3.31. The van der Waals surface area contributed by atoms with Gasteiger partial charge in [0.15, 0.2) is 0 Å². The lowest BCUT2D eigenvalue weighted by molar-refractivity contribution is 0.0944. The second-order valence-corrected chi connectivity index (χ2v) is 9.58. The number of amides is 1. The highest BCUT2D eigenvalue weighted by molar-refractivity contribution is 7.20. The number of hydrogen-bond acceptors (Lipinski definition) is 6. The van der Waals surface area contributed by atoms with Crippen molar-refractivity contribution in [2.75, 3.05) is 7.11 Å². The first-order chi connectivity index (χ1) is 16.5. The van der Waals surface area contributed by atoms with Gasteiger partial charge in [-0.1, -0.05) is 24.6 Å². The molecule has 0 saturated heterocycles. The van der Waals surface area contributed by atoms with Crippen LogP contribution >= 0.6 is 11.3 Å². The van der Waals surface area contributed by atoms with Crippen molar-refractivity contribution in [1.82, 2.24) is 24.4 Å². The first kappa shape index (κ1) is 22.3. The van der Waals surface area contributed by atoms with Crippen molar-refractivity contribution >= 4 is 27.5 Å². The van der Waals surface area contributed by atoms with Crippen LogP contribution in [0.4, 0.5) is 0 Å². The summed E-state index contributed by atoms with van der Waals surface area (Å²) in [6.07, 6.45) is 7.43. The molecular formula is C25H27N5O3S. The van der Waals surface area contributed by atoms with Crippen LogP contribution in [0.25, 0.3) is 10.2 Å². The van der Waals surface area contributed by atoms with Crippen LogP contribution in [0.3, 0.4) is 0 Å². The Labute approximate surface area is 201 Å². The summed E-state index contributed by atoms with van der Waals surface area (Å²) in [6, 6.07) is 7.04. The van der Waals surface area contributed by atoms with E-state index in [0.717, 1.165) is 37.1 Å². The lowest BCUT2D eigenvalue weighted by Gasteiger charge is -2.21. The summed E-state index contributed by atoms with van der Waals surface area (Å²) in [5, 5.41) is 3.69. The predicted octanol–water partition coefficient (Wildman–Crippen LogP) is 3.75. The number of benzene rings is 1. The smallest absolute Gasteiger partial charge is 0.262 e. The Morgan fingerprint density at radius 3 is 2.82 bits per heavy atom. The van der Waals surface area contributed by atoms with Crippen molar-refractivity contribution in [1.29, 1.82) is 0 Å². The molecule has 1 atom stereocenters. The Morgan fingerprint density at radius 2 is 2.06 bits per heavy atom. The Bertz CT molecular complexity index is 1430. The van der Waals surface area contributed by atoms with Gasteiger partial charge in [0.1, 0.15) is 28.3 Å². The van der Waals surface area contributed by atoms with Gasteiger partial charge in [-0.3, -0.25) is 14.2 Å². The third kappa shape index (κ3) is 3.79. The molecule has 5 rings (SSSR count). The van der Waals surface area contributed by atoms with Crippen molar-refractivity contribution < 1.29 is 9.53 Å². The monoisotopic (exact) mass is 477 g/mol. The fraction of sp³-hybridized carbons (Fsp3) is 0.360. The van der Waals surface area contributed by atoms with E-state index >= 15 is 0 Å². The molecule has 0 fully saturated rings. The summed E-state index contributed by atoms with van der Waals surface area (Å²) in [6.45, 7) is 2.52. The summed E-state index contributed by atoms with van der Waals surface area (Å²) < 4.78 is 9.24. The number of methoxy groups -OCH3 is 1. The van der Waals surface area contributed by atoms with Gasteiger partial charge in [-0.15, -0.1) is 11.3 Å². The number of thiophene rings is 1. The van der Waals surface area contributed by atoms with E-state index in [0.29, 0.717) is 38.8 Å². The normalized spacial score (nSPS) is 14.4. The minimum atomic E-state index is -0.529. The van der Waals surface area contributed by atoms with Gasteiger partial charge in [-0.25, -0.2) is 9.97 Å². The van der Waals surface area contributed by atoms with Crippen LogP contribution in [0, 0.1) is 6.92 Å². The number of para-hydroxylation sites is 1. The lowest BCUT2D eigenvalue weighted by atomic mass is 10.0. The molecule has 0 unspecified atom stereocenters. The van der Waals surface area contributed by atoms with Gasteiger partial charge in [0.2, 0.25) is 0 Å². The Kier molecular flexibility index (Phi) is 5.95. The van der Waals surface area contributed by atoms with Crippen molar-refractivity contribution in [3.05, 3.63) is 74.7 Å². The minimum Gasteiger partial charge on any atom is -0.496 e. The van der Waals surface area contributed by atoms with Gasteiger partial charge < -0.3 is 14.6 Å². The zero-order valence-corrected chi connectivity index (χ0v) is 20.3. The Balaban J connectivity index is 1.57. The molecule has 1 aliphatic heterocycles. The quantitative estimate of drug-likeness (QED) is 0.473. The molecule has 1 aliphatic rings. The van der Waals surface area contributed by atoms with E-state index in [9.17, 15) is 9.59 Å². The minimum absolute atomic E-state index is 0.0416. The maximum Gasteiger partial charge on any atom is 0.262 e. The number of imidazole rings is 1. The maximum atomic E-state index is 13.6. The van der Waals surface area contributed by atoms with Gasteiger partial charge in [-0.2, -0.15) is 0 Å². The Morgan fingerprint density at radius 1 is 1.24 bits per heavy atom. The van der Waals surface area contributed by atoms with Crippen LogP contribution in [-0.2, 0) is 20.0 Å². The number of rotatable bonds is 5. The van der Waals surface area contributed by atoms with Crippen molar-refractivity contribution in [2.24, 2.45) is 7.05 Å². The second-order valence-electron chi connectivity index (χ2n) is 8.58. The number of carbonyl (C=O) groups excluding carboxylic acids is 1. The van der Waals surface area contributed by atoms with E-state index in [1.807, 2.05) is 49.0 Å². The number of aryl methyl sites for hydroxylation is 3. The van der Waals surface area contributed by atoms with Crippen LogP contribution in [-0.4, -0.2) is 32.1 Å². The number of nitrogens with one attached hydrogen (secondary N) is 1. The third-order valence-electron chi connectivity index (χ3n) is 6.46. The van der Waals surface area contributed by atoms with Crippen LogP contribution in [0.1, 0.15) is 57.8 Å². The highest BCUT2D eigenvalue weighted by Crippen LogP contribution is 2.32. The van der Waals surface area contributed by atoms with E-state index in [-0.39, 0.29) is 11.5 Å².